The zero-order valence-electron chi connectivity index (χ0n) is 13.1. The highest BCUT2D eigenvalue weighted by Crippen LogP contribution is 2.07. The second-order valence-corrected chi connectivity index (χ2v) is 5.04. The van der Waals surface area contributed by atoms with E-state index in [-0.39, 0.29) is 12.2 Å². The standard InChI is InChI=1S/C18H28O3/c1-2-3-4-11-14-17(19)15-12-9-7-5-6-8-10-13-16-18(20)21/h3-4,9,11-12,14H,2,5-8,10,13,15-16H2,1H3,(H,20,21). The first kappa shape index (κ1) is 19.4. The Morgan fingerprint density at radius 3 is 2.33 bits per heavy atom. The van der Waals surface area contributed by atoms with Crippen LogP contribution in [0.2, 0.25) is 0 Å². The molecule has 0 radical (unpaired) electrons. The van der Waals surface area contributed by atoms with Gasteiger partial charge in [-0.1, -0.05) is 56.6 Å². The quantitative estimate of drug-likeness (QED) is 0.229. The number of carboxylic acid groups (broad SMARTS) is 1. The molecule has 0 unspecified atom stereocenters. The molecule has 0 rings (SSSR count). The van der Waals surface area contributed by atoms with Crippen LogP contribution in [0.5, 0.6) is 0 Å². The Bertz CT molecular complexity index is 365. The van der Waals surface area contributed by atoms with E-state index in [4.69, 9.17) is 5.11 Å². The van der Waals surface area contributed by atoms with Gasteiger partial charge in [0.1, 0.15) is 0 Å². The third kappa shape index (κ3) is 16.3. The van der Waals surface area contributed by atoms with Crippen LogP contribution in [-0.4, -0.2) is 16.9 Å². The molecule has 0 aromatic carbocycles. The normalized spacial score (nSPS) is 11.9. The first-order chi connectivity index (χ1) is 10.2. The van der Waals surface area contributed by atoms with Crippen molar-refractivity contribution in [1.29, 1.82) is 0 Å². The summed E-state index contributed by atoms with van der Waals surface area (Å²) in [4.78, 5) is 21.8. The minimum absolute atomic E-state index is 0.126. The molecule has 0 aromatic heterocycles. The minimum atomic E-state index is -0.707. The number of carbonyl (C=O) groups excluding carboxylic acids is 1. The van der Waals surface area contributed by atoms with Crippen LogP contribution in [-0.2, 0) is 9.59 Å². The van der Waals surface area contributed by atoms with Crippen LogP contribution in [0.1, 0.15) is 64.7 Å². The Morgan fingerprint density at radius 1 is 0.905 bits per heavy atom. The number of allylic oxidation sites excluding steroid dienone is 6. The van der Waals surface area contributed by atoms with E-state index in [1.54, 1.807) is 12.2 Å². The van der Waals surface area contributed by atoms with Crippen LogP contribution >= 0.6 is 0 Å². The van der Waals surface area contributed by atoms with Crippen LogP contribution < -0.4 is 0 Å². The summed E-state index contributed by atoms with van der Waals surface area (Å²) in [6.07, 6.45) is 19.1. The number of hydrogen-bond donors (Lipinski definition) is 1. The van der Waals surface area contributed by atoms with Crippen molar-refractivity contribution in [3.8, 4) is 0 Å². The smallest absolute Gasteiger partial charge is 0.303 e. The SMILES string of the molecule is CCC=CC=CC(=O)CC=CCCCCCCCC(=O)O. The van der Waals surface area contributed by atoms with Gasteiger partial charge in [0.05, 0.1) is 0 Å². The Labute approximate surface area is 128 Å². The molecule has 0 bridgehead atoms. The highest BCUT2D eigenvalue weighted by molar-refractivity contribution is 5.90. The summed E-state index contributed by atoms with van der Waals surface area (Å²) in [7, 11) is 0. The van der Waals surface area contributed by atoms with Crippen LogP contribution in [0.3, 0.4) is 0 Å². The molecule has 21 heavy (non-hydrogen) atoms. The Morgan fingerprint density at radius 2 is 1.62 bits per heavy atom. The van der Waals surface area contributed by atoms with Gasteiger partial charge < -0.3 is 5.11 Å². The molecule has 0 atom stereocenters. The highest BCUT2D eigenvalue weighted by atomic mass is 16.4. The summed E-state index contributed by atoms with van der Waals surface area (Å²) >= 11 is 0. The van der Waals surface area contributed by atoms with E-state index in [9.17, 15) is 9.59 Å². The van der Waals surface area contributed by atoms with E-state index >= 15 is 0 Å². The van der Waals surface area contributed by atoms with Crippen molar-refractivity contribution in [1.82, 2.24) is 0 Å². The Hall–Kier alpha value is -1.64. The number of carbonyl (C=O) groups is 2. The molecule has 118 valence electrons. The summed E-state index contributed by atoms with van der Waals surface area (Å²) in [6, 6.07) is 0. The fourth-order valence-corrected chi connectivity index (χ4v) is 1.83. The molecule has 0 heterocycles. The molecule has 0 aromatic rings. The van der Waals surface area contributed by atoms with Gasteiger partial charge in [0.2, 0.25) is 0 Å². The number of unbranched alkanes of at least 4 members (excludes halogenated alkanes) is 5. The molecule has 0 saturated heterocycles. The third-order valence-electron chi connectivity index (χ3n) is 3.01. The third-order valence-corrected chi connectivity index (χ3v) is 3.01. The summed E-state index contributed by atoms with van der Waals surface area (Å²) in [5, 5.41) is 8.49. The average molecular weight is 292 g/mol. The topological polar surface area (TPSA) is 54.4 Å². The lowest BCUT2D eigenvalue weighted by Crippen LogP contribution is -1.93. The van der Waals surface area contributed by atoms with Gasteiger partial charge in [0.15, 0.2) is 5.78 Å². The fourth-order valence-electron chi connectivity index (χ4n) is 1.83. The van der Waals surface area contributed by atoms with Gasteiger partial charge >= 0.3 is 5.97 Å². The molecule has 0 fully saturated rings. The molecular formula is C18H28O3. The maximum absolute atomic E-state index is 11.4. The highest BCUT2D eigenvalue weighted by Gasteiger charge is 1.96. The number of rotatable bonds is 13. The van der Waals surface area contributed by atoms with Crippen LogP contribution in [0.25, 0.3) is 0 Å². The van der Waals surface area contributed by atoms with Crippen LogP contribution in [0.4, 0.5) is 0 Å². The molecule has 0 spiro atoms. The molecule has 3 nitrogen and oxygen atoms in total. The first-order valence-electron chi connectivity index (χ1n) is 7.89. The first-order valence-corrected chi connectivity index (χ1v) is 7.89. The van der Waals surface area contributed by atoms with Crippen molar-refractivity contribution in [2.75, 3.05) is 0 Å². The second-order valence-electron chi connectivity index (χ2n) is 5.04. The molecule has 0 saturated carbocycles. The summed E-state index contributed by atoms with van der Waals surface area (Å²) in [5.41, 5.74) is 0. The fraction of sp³-hybridized carbons (Fsp3) is 0.556. The van der Waals surface area contributed by atoms with Gasteiger partial charge in [0.25, 0.3) is 0 Å². The van der Waals surface area contributed by atoms with Gasteiger partial charge in [-0.05, 0) is 31.8 Å². The van der Waals surface area contributed by atoms with Gasteiger partial charge in [-0.15, -0.1) is 0 Å². The molecule has 1 N–H and O–H groups in total. The van der Waals surface area contributed by atoms with E-state index in [1.165, 1.54) is 0 Å². The molecule has 0 amide bonds. The zero-order valence-corrected chi connectivity index (χ0v) is 13.1. The van der Waals surface area contributed by atoms with Gasteiger partial charge in [-0.3, -0.25) is 9.59 Å². The second kappa shape index (κ2) is 14.8. The number of aliphatic carboxylic acids is 1. The largest absolute Gasteiger partial charge is 0.481 e. The lowest BCUT2D eigenvalue weighted by atomic mass is 10.1. The lowest BCUT2D eigenvalue weighted by molar-refractivity contribution is -0.137. The minimum Gasteiger partial charge on any atom is -0.481 e. The molecule has 3 heteroatoms. The number of hydrogen-bond acceptors (Lipinski definition) is 2. The molecule has 0 aliphatic rings. The van der Waals surface area contributed by atoms with Crippen molar-refractivity contribution in [2.24, 2.45) is 0 Å². The van der Waals surface area contributed by atoms with E-state index in [1.807, 2.05) is 18.2 Å². The van der Waals surface area contributed by atoms with E-state index in [0.29, 0.717) is 6.42 Å². The van der Waals surface area contributed by atoms with Gasteiger partial charge in [0, 0.05) is 12.8 Å². The molecule has 0 aliphatic carbocycles. The Balaban J connectivity index is 3.43. The summed E-state index contributed by atoms with van der Waals surface area (Å²) in [5.74, 6) is -0.581. The van der Waals surface area contributed by atoms with Gasteiger partial charge in [-0.2, -0.15) is 0 Å². The predicted molar refractivity (Wildman–Crippen MR) is 87.3 cm³/mol. The van der Waals surface area contributed by atoms with E-state index in [0.717, 1.165) is 44.9 Å². The van der Waals surface area contributed by atoms with Crippen molar-refractivity contribution in [2.45, 2.75) is 64.7 Å². The zero-order chi connectivity index (χ0) is 15.8. The van der Waals surface area contributed by atoms with Crippen LogP contribution in [0, 0.1) is 0 Å². The van der Waals surface area contributed by atoms with Crippen molar-refractivity contribution < 1.29 is 14.7 Å². The summed E-state index contributed by atoms with van der Waals surface area (Å²) in [6.45, 7) is 2.06. The monoisotopic (exact) mass is 292 g/mol. The van der Waals surface area contributed by atoms with Crippen molar-refractivity contribution >= 4 is 11.8 Å². The predicted octanol–water partition coefficient (Wildman–Crippen LogP) is 4.84. The van der Waals surface area contributed by atoms with E-state index < -0.39 is 5.97 Å². The molecule has 0 aliphatic heterocycles. The summed E-state index contributed by atoms with van der Waals surface area (Å²) < 4.78 is 0. The lowest BCUT2D eigenvalue weighted by Gasteiger charge is -1.98. The Kier molecular flexibility index (Phi) is 13.6. The van der Waals surface area contributed by atoms with Crippen molar-refractivity contribution in [3.63, 3.8) is 0 Å². The average Bonchev–Trinajstić information content (AvgIpc) is 2.45. The van der Waals surface area contributed by atoms with E-state index in [2.05, 4.69) is 13.0 Å². The van der Waals surface area contributed by atoms with Gasteiger partial charge in [-0.25, -0.2) is 0 Å². The van der Waals surface area contributed by atoms with Crippen LogP contribution in [0.15, 0.2) is 36.5 Å². The molecular weight excluding hydrogens is 264 g/mol. The van der Waals surface area contributed by atoms with Crippen molar-refractivity contribution in [3.05, 3.63) is 36.5 Å². The number of carboxylic acids is 1. The number of ketones is 1. The maximum Gasteiger partial charge on any atom is 0.303 e. The maximum atomic E-state index is 11.4.